The van der Waals surface area contributed by atoms with E-state index >= 15 is 0 Å². The van der Waals surface area contributed by atoms with Crippen LogP contribution >= 0.6 is 12.0 Å². The van der Waals surface area contributed by atoms with E-state index in [2.05, 4.69) is 40.6 Å². The maximum Gasteiger partial charge on any atom is 1.00 e. The molecule has 0 aliphatic rings. The first-order chi connectivity index (χ1) is 8.78. The average molecular weight is 284 g/mol. The Bertz CT molecular complexity index is 502. The van der Waals surface area contributed by atoms with E-state index in [4.69, 9.17) is 0 Å². The van der Waals surface area contributed by atoms with Gasteiger partial charge in [0.25, 0.3) is 0 Å². The molecular formula is C14H13NaO3S. The van der Waals surface area contributed by atoms with Gasteiger partial charge in [-0.2, -0.15) is 4.33 Å². The molecule has 19 heavy (non-hydrogen) atoms. The molecule has 0 spiro atoms. The van der Waals surface area contributed by atoms with Crippen molar-refractivity contribution in [2.45, 2.75) is 18.2 Å². The van der Waals surface area contributed by atoms with Crippen molar-refractivity contribution in [1.29, 1.82) is 0 Å². The second-order valence-electron chi connectivity index (χ2n) is 4.03. The van der Waals surface area contributed by atoms with Crippen molar-refractivity contribution in [3.05, 3.63) is 65.2 Å². The quantitative estimate of drug-likeness (QED) is 0.331. The molecule has 0 aliphatic carbocycles. The van der Waals surface area contributed by atoms with E-state index in [1.807, 2.05) is 24.3 Å². The fraction of sp³-hybridized carbons (Fsp3) is 0.143. The van der Waals surface area contributed by atoms with E-state index in [1.165, 1.54) is 16.7 Å². The monoisotopic (exact) mass is 284 g/mol. The van der Waals surface area contributed by atoms with Crippen LogP contribution in [0, 0.1) is 6.92 Å². The molecule has 0 bridgehead atoms. The van der Waals surface area contributed by atoms with Gasteiger partial charge >= 0.3 is 29.6 Å². The first-order valence-corrected chi connectivity index (χ1v) is 6.30. The van der Waals surface area contributed by atoms with Gasteiger partial charge in [-0.15, -0.1) is 0 Å². The van der Waals surface area contributed by atoms with Gasteiger partial charge in [-0.25, -0.2) is 0 Å². The largest absolute Gasteiger partial charge is 1.00 e. The Kier molecular flexibility index (Phi) is 7.71. The van der Waals surface area contributed by atoms with Crippen molar-refractivity contribution < 1.29 is 44.2 Å². The van der Waals surface area contributed by atoms with E-state index < -0.39 is 0 Å². The molecule has 0 saturated heterocycles. The summed E-state index contributed by atoms with van der Waals surface area (Å²) in [6, 6.07) is 16.2. The third-order valence-electron chi connectivity index (χ3n) is 2.59. The van der Waals surface area contributed by atoms with Gasteiger partial charge in [0.05, 0.1) is 12.0 Å². The van der Waals surface area contributed by atoms with E-state index in [9.17, 15) is 5.26 Å². The van der Waals surface area contributed by atoms with Crippen LogP contribution in [-0.4, -0.2) is 0 Å². The minimum atomic E-state index is 0. The van der Waals surface area contributed by atoms with Crippen molar-refractivity contribution in [3.8, 4) is 0 Å². The predicted octanol–water partition coefficient (Wildman–Crippen LogP) is -0.180. The van der Waals surface area contributed by atoms with Crippen LogP contribution in [0.2, 0.25) is 0 Å². The molecule has 0 fully saturated rings. The predicted molar refractivity (Wildman–Crippen MR) is 68.5 cm³/mol. The van der Waals surface area contributed by atoms with Crippen molar-refractivity contribution in [2.75, 3.05) is 0 Å². The van der Waals surface area contributed by atoms with Gasteiger partial charge in [-0.1, -0.05) is 42.0 Å². The summed E-state index contributed by atoms with van der Waals surface area (Å²) >= 11 is 0.913. The van der Waals surface area contributed by atoms with Crippen LogP contribution in [0.15, 0.2) is 53.4 Å². The van der Waals surface area contributed by atoms with Gasteiger partial charge in [0.15, 0.2) is 0 Å². The van der Waals surface area contributed by atoms with Crippen molar-refractivity contribution >= 4 is 12.0 Å². The van der Waals surface area contributed by atoms with Crippen LogP contribution in [0.25, 0.3) is 0 Å². The summed E-state index contributed by atoms with van der Waals surface area (Å²) < 4.78 is 4.30. The molecule has 2 rings (SSSR count). The molecule has 0 heterocycles. The normalized spacial score (nSPS) is 10.0. The third kappa shape index (κ3) is 5.67. The molecule has 0 aliphatic heterocycles. The topological polar surface area (TPSA) is 41.5 Å². The van der Waals surface area contributed by atoms with Crippen molar-refractivity contribution in [1.82, 2.24) is 0 Å². The summed E-state index contributed by atoms with van der Waals surface area (Å²) in [6.45, 7) is 2.07. The van der Waals surface area contributed by atoms with Gasteiger partial charge in [0.2, 0.25) is 0 Å². The summed E-state index contributed by atoms with van der Waals surface area (Å²) in [6.07, 6.45) is 0.854. The summed E-state index contributed by atoms with van der Waals surface area (Å²) in [4.78, 5) is 0.843. The Morgan fingerprint density at radius 2 is 1.79 bits per heavy atom. The molecule has 3 nitrogen and oxygen atoms in total. The Hall–Kier alpha value is -0.330. The molecule has 94 valence electrons. The second-order valence-corrected chi connectivity index (χ2v) is 4.80. The molecule has 2 aromatic carbocycles. The number of rotatable bonds is 5. The first-order valence-electron chi connectivity index (χ1n) is 5.55. The fourth-order valence-corrected chi connectivity index (χ4v) is 2.14. The summed E-state index contributed by atoms with van der Waals surface area (Å²) in [7, 11) is 0. The number of hydrogen-bond acceptors (Lipinski definition) is 4. The van der Waals surface area contributed by atoms with Crippen LogP contribution in [-0.2, 0) is 15.8 Å². The molecule has 0 radical (unpaired) electrons. The zero-order valence-electron chi connectivity index (χ0n) is 11.0. The van der Waals surface area contributed by atoms with Crippen LogP contribution in [0.1, 0.15) is 16.7 Å². The van der Waals surface area contributed by atoms with E-state index in [-0.39, 0.29) is 29.6 Å². The van der Waals surface area contributed by atoms with Gasteiger partial charge in [0, 0.05) is 4.90 Å². The SMILES string of the molecule is Cc1ccc(Cc2cccc(SOO[O-])c2)cc1.[Na+]. The summed E-state index contributed by atoms with van der Waals surface area (Å²) in [5.74, 6) is 0. The van der Waals surface area contributed by atoms with Crippen molar-refractivity contribution in [2.24, 2.45) is 0 Å². The molecular weight excluding hydrogens is 271 g/mol. The van der Waals surface area contributed by atoms with Crippen LogP contribution in [0.4, 0.5) is 0 Å². The van der Waals surface area contributed by atoms with E-state index in [0.717, 1.165) is 23.4 Å². The molecule has 0 amide bonds. The Balaban J connectivity index is 0.00000180. The maximum atomic E-state index is 9.77. The average Bonchev–Trinajstić information content (AvgIpc) is 2.40. The Morgan fingerprint density at radius 3 is 2.47 bits per heavy atom. The fourth-order valence-electron chi connectivity index (χ4n) is 1.70. The molecule has 0 aromatic heterocycles. The molecule has 0 saturated carbocycles. The molecule has 5 heteroatoms. The molecule has 0 atom stereocenters. The summed E-state index contributed by atoms with van der Waals surface area (Å²) in [5.41, 5.74) is 3.67. The van der Waals surface area contributed by atoms with Crippen LogP contribution in [0.3, 0.4) is 0 Å². The van der Waals surface area contributed by atoms with Crippen molar-refractivity contribution in [3.63, 3.8) is 0 Å². The maximum absolute atomic E-state index is 9.77. The van der Waals surface area contributed by atoms with Gasteiger partial charge < -0.3 is 5.26 Å². The van der Waals surface area contributed by atoms with Crippen LogP contribution < -0.4 is 34.8 Å². The summed E-state index contributed by atoms with van der Waals surface area (Å²) in [5, 5.41) is 13.1. The molecule has 2 aromatic rings. The third-order valence-corrected chi connectivity index (χ3v) is 3.16. The van der Waals surface area contributed by atoms with Gasteiger partial charge in [0.1, 0.15) is 0 Å². The van der Waals surface area contributed by atoms with Gasteiger partial charge in [-0.3, -0.25) is 5.04 Å². The first kappa shape index (κ1) is 16.7. The number of hydrogen-bond donors (Lipinski definition) is 0. The number of aryl methyl sites for hydroxylation is 1. The number of benzene rings is 2. The van der Waals surface area contributed by atoms with Gasteiger partial charge in [-0.05, 0) is 36.6 Å². The van der Waals surface area contributed by atoms with Crippen LogP contribution in [0.5, 0.6) is 0 Å². The van der Waals surface area contributed by atoms with E-state index in [1.54, 1.807) is 0 Å². The van der Waals surface area contributed by atoms with E-state index in [0.29, 0.717) is 0 Å². The smallest absolute Gasteiger partial charge is 0.691 e. The molecule has 0 N–H and O–H groups in total. The molecule has 0 unspecified atom stereocenters. The standard InChI is InChI=1S/C14H14O3S.Na/c1-11-5-7-12(8-6-11)9-13-3-2-4-14(10-13)18-17-16-15;/h2-8,10,15H,9H2,1H3;/q;+1/p-1. The zero-order chi connectivity index (χ0) is 12.8. The minimum absolute atomic E-state index is 0. The zero-order valence-corrected chi connectivity index (χ0v) is 13.8. The minimum Gasteiger partial charge on any atom is -0.691 e. The Morgan fingerprint density at radius 1 is 1.05 bits per heavy atom. The second kappa shape index (κ2) is 8.76. The Labute approximate surface area is 139 Å².